The summed E-state index contributed by atoms with van der Waals surface area (Å²) in [7, 11) is 0. The number of hydrogen-bond acceptors (Lipinski definition) is 2. The lowest BCUT2D eigenvalue weighted by atomic mass is 10.0. The van der Waals surface area contributed by atoms with E-state index < -0.39 is 0 Å². The van der Waals surface area contributed by atoms with Gasteiger partial charge in [-0.05, 0) is 36.6 Å². The van der Waals surface area contributed by atoms with Crippen molar-refractivity contribution >= 4 is 27.8 Å². The van der Waals surface area contributed by atoms with Gasteiger partial charge < -0.3 is 9.30 Å². The topological polar surface area (TPSA) is 31.2 Å². The van der Waals surface area contributed by atoms with E-state index in [2.05, 4.69) is 72.2 Å². The van der Waals surface area contributed by atoms with Gasteiger partial charge in [-0.1, -0.05) is 60.7 Å². The molecule has 0 aliphatic rings. The molecule has 1 heterocycles. The summed E-state index contributed by atoms with van der Waals surface area (Å²) in [5, 5.41) is 2.47. The second-order valence-corrected chi connectivity index (χ2v) is 6.82. The molecule has 3 aromatic carbocycles. The Balaban J connectivity index is 1.91. The predicted octanol–water partition coefficient (Wildman–Crippen LogP) is 5.26. The van der Waals surface area contributed by atoms with Crippen LogP contribution in [-0.4, -0.2) is 17.1 Å². The molecule has 4 rings (SSSR count). The zero-order valence-corrected chi connectivity index (χ0v) is 15.7. The Kier molecular flexibility index (Phi) is 4.68. The van der Waals surface area contributed by atoms with E-state index in [9.17, 15) is 4.79 Å². The second kappa shape index (κ2) is 7.28. The number of aromatic nitrogens is 1. The first-order chi connectivity index (χ1) is 13.2. The highest BCUT2D eigenvalue weighted by atomic mass is 16.5. The fraction of sp³-hybridized carbons (Fsp3) is 0.208. The minimum absolute atomic E-state index is 0.175. The molecule has 0 spiro atoms. The molecular formula is C24H23NO2. The molecule has 0 saturated carbocycles. The molecule has 0 aliphatic carbocycles. The highest BCUT2D eigenvalue weighted by Gasteiger charge is 2.16. The van der Waals surface area contributed by atoms with Gasteiger partial charge in [-0.15, -0.1) is 0 Å². The van der Waals surface area contributed by atoms with E-state index in [1.165, 1.54) is 27.4 Å². The molecular weight excluding hydrogens is 334 g/mol. The van der Waals surface area contributed by atoms with E-state index in [1.807, 2.05) is 13.0 Å². The molecule has 1 aromatic heterocycles. The SMILES string of the molecule is CCOC(=O)Cc1ccc2c3ccccc3n(Cc3ccccc3)c2c1C. The summed E-state index contributed by atoms with van der Waals surface area (Å²) in [6, 6.07) is 23.2. The van der Waals surface area contributed by atoms with Gasteiger partial charge in [-0.25, -0.2) is 0 Å². The standard InChI is InChI=1S/C24H23NO2/c1-3-27-23(26)15-19-13-14-21-20-11-7-8-12-22(20)25(24(21)17(19)2)16-18-9-5-4-6-10-18/h4-14H,3,15-16H2,1-2H3. The smallest absolute Gasteiger partial charge is 0.310 e. The van der Waals surface area contributed by atoms with Gasteiger partial charge in [-0.3, -0.25) is 4.79 Å². The molecule has 0 unspecified atom stereocenters. The van der Waals surface area contributed by atoms with Gasteiger partial charge in [0.2, 0.25) is 0 Å². The number of fused-ring (bicyclic) bond motifs is 3. The molecule has 3 nitrogen and oxygen atoms in total. The number of carbonyl (C=O) groups is 1. The molecule has 0 atom stereocenters. The summed E-state index contributed by atoms with van der Waals surface area (Å²) in [6.07, 6.45) is 0.308. The van der Waals surface area contributed by atoms with Crippen LogP contribution in [0.2, 0.25) is 0 Å². The van der Waals surface area contributed by atoms with Crippen molar-refractivity contribution in [3.8, 4) is 0 Å². The second-order valence-electron chi connectivity index (χ2n) is 6.82. The van der Waals surface area contributed by atoms with Crippen LogP contribution in [0.15, 0.2) is 66.7 Å². The Labute approximate surface area is 159 Å². The van der Waals surface area contributed by atoms with Gasteiger partial charge in [0, 0.05) is 22.8 Å². The van der Waals surface area contributed by atoms with Crippen LogP contribution in [0.3, 0.4) is 0 Å². The first-order valence-electron chi connectivity index (χ1n) is 9.38. The molecule has 136 valence electrons. The summed E-state index contributed by atoms with van der Waals surface area (Å²) >= 11 is 0. The summed E-state index contributed by atoms with van der Waals surface area (Å²) < 4.78 is 7.52. The van der Waals surface area contributed by atoms with Gasteiger partial charge in [0.15, 0.2) is 0 Å². The Morgan fingerprint density at radius 1 is 0.926 bits per heavy atom. The molecule has 27 heavy (non-hydrogen) atoms. The number of carbonyl (C=O) groups excluding carboxylic acids is 1. The molecule has 0 aliphatic heterocycles. The maximum absolute atomic E-state index is 12.0. The Bertz CT molecular complexity index is 1110. The highest BCUT2D eigenvalue weighted by molar-refractivity contribution is 6.09. The Morgan fingerprint density at radius 3 is 2.44 bits per heavy atom. The van der Waals surface area contributed by atoms with Crippen LogP contribution in [0.5, 0.6) is 0 Å². The van der Waals surface area contributed by atoms with Crippen LogP contribution in [0.1, 0.15) is 23.6 Å². The van der Waals surface area contributed by atoms with Crippen molar-refractivity contribution in [1.82, 2.24) is 4.57 Å². The van der Waals surface area contributed by atoms with Gasteiger partial charge in [0.25, 0.3) is 0 Å². The van der Waals surface area contributed by atoms with E-state index in [4.69, 9.17) is 4.74 Å². The first kappa shape index (κ1) is 17.3. The third-order valence-corrected chi connectivity index (χ3v) is 5.12. The van der Waals surface area contributed by atoms with Crippen molar-refractivity contribution in [1.29, 1.82) is 0 Å². The van der Waals surface area contributed by atoms with E-state index in [1.54, 1.807) is 0 Å². The van der Waals surface area contributed by atoms with E-state index in [0.29, 0.717) is 13.0 Å². The molecule has 0 amide bonds. The van der Waals surface area contributed by atoms with Crippen LogP contribution >= 0.6 is 0 Å². The largest absolute Gasteiger partial charge is 0.466 e. The van der Waals surface area contributed by atoms with Crippen molar-refractivity contribution in [3.05, 3.63) is 83.4 Å². The monoisotopic (exact) mass is 357 g/mol. The third-order valence-electron chi connectivity index (χ3n) is 5.12. The van der Waals surface area contributed by atoms with Crippen molar-refractivity contribution in [2.45, 2.75) is 26.8 Å². The summed E-state index contributed by atoms with van der Waals surface area (Å²) in [5.74, 6) is -0.175. The number of hydrogen-bond donors (Lipinski definition) is 0. The number of nitrogens with zero attached hydrogens (tertiary/aromatic N) is 1. The normalized spacial score (nSPS) is 11.2. The molecule has 0 radical (unpaired) electrons. The fourth-order valence-corrected chi connectivity index (χ4v) is 3.85. The average molecular weight is 357 g/mol. The molecule has 3 heteroatoms. The minimum atomic E-state index is -0.175. The zero-order valence-electron chi connectivity index (χ0n) is 15.7. The lowest BCUT2D eigenvalue weighted by molar-refractivity contribution is -0.142. The number of benzene rings is 3. The molecule has 0 saturated heterocycles. The third kappa shape index (κ3) is 3.21. The summed E-state index contributed by atoms with van der Waals surface area (Å²) in [4.78, 5) is 12.0. The highest BCUT2D eigenvalue weighted by Crippen LogP contribution is 2.33. The van der Waals surface area contributed by atoms with Crippen molar-refractivity contribution in [3.63, 3.8) is 0 Å². The maximum atomic E-state index is 12.0. The zero-order chi connectivity index (χ0) is 18.8. The van der Waals surface area contributed by atoms with Crippen LogP contribution in [0, 0.1) is 6.92 Å². The van der Waals surface area contributed by atoms with Crippen molar-refractivity contribution < 1.29 is 9.53 Å². The minimum Gasteiger partial charge on any atom is -0.466 e. The molecule has 0 N–H and O–H groups in total. The molecule has 0 bridgehead atoms. The van der Waals surface area contributed by atoms with Gasteiger partial charge in [0.1, 0.15) is 0 Å². The quantitative estimate of drug-likeness (QED) is 0.456. The molecule has 4 aromatic rings. The maximum Gasteiger partial charge on any atom is 0.310 e. The van der Waals surface area contributed by atoms with Gasteiger partial charge in [-0.2, -0.15) is 0 Å². The van der Waals surface area contributed by atoms with E-state index in [0.717, 1.165) is 17.7 Å². The van der Waals surface area contributed by atoms with E-state index >= 15 is 0 Å². The van der Waals surface area contributed by atoms with Gasteiger partial charge >= 0.3 is 5.97 Å². The Hall–Kier alpha value is -3.07. The lowest BCUT2D eigenvalue weighted by Gasteiger charge is -2.12. The van der Waals surface area contributed by atoms with Crippen molar-refractivity contribution in [2.24, 2.45) is 0 Å². The number of aryl methyl sites for hydroxylation is 1. The number of para-hydroxylation sites is 1. The van der Waals surface area contributed by atoms with Crippen molar-refractivity contribution in [2.75, 3.05) is 6.61 Å². The molecule has 0 fully saturated rings. The summed E-state index contributed by atoms with van der Waals surface area (Å²) in [6.45, 7) is 5.16. The van der Waals surface area contributed by atoms with Crippen LogP contribution in [0.4, 0.5) is 0 Å². The number of esters is 1. The van der Waals surface area contributed by atoms with Gasteiger partial charge in [0.05, 0.1) is 18.5 Å². The van der Waals surface area contributed by atoms with Crippen LogP contribution in [-0.2, 0) is 22.5 Å². The Morgan fingerprint density at radius 2 is 1.67 bits per heavy atom. The number of rotatable bonds is 5. The van der Waals surface area contributed by atoms with Crippen LogP contribution in [0.25, 0.3) is 21.8 Å². The number of ether oxygens (including phenoxy) is 1. The van der Waals surface area contributed by atoms with Crippen LogP contribution < -0.4 is 0 Å². The van der Waals surface area contributed by atoms with E-state index in [-0.39, 0.29) is 5.97 Å². The lowest BCUT2D eigenvalue weighted by Crippen LogP contribution is -2.09. The fourth-order valence-electron chi connectivity index (χ4n) is 3.85. The average Bonchev–Trinajstić information content (AvgIpc) is 3.00. The first-order valence-corrected chi connectivity index (χ1v) is 9.38. The summed E-state index contributed by atoms with van der Waals surface area (Å²) in [5.41, 5.74) is 5.84. The predicted molar refractivity (Wildman–Crippen MR) is 110 cm³/mol.